The van der Waals surface area contributed by atoms with Crippen molar-refractivity contribution in [3.05, 3.63) is 29.6 Å². The van der Waals surface area contributed by atoms with Crippen LogP contribution in [0.4, 0.5) is 13.2 Å². The quantitative estimate of drug-likeness (QED) is 0.844. The Kier molecular flexibility index (Phi) is 3.75. The van der Waals surface area contributed by atoms with Gasteiger partial charge in [-0.15, -0.1) is 0 Å². The SMILES string of the molecule is C[C@H]1CNCCN1C(=O)c1ccc(C(F)(F)F)nc1. The fourth-order valence-electron chi connectivity index (χ4n) is 2.00. The minimum absolute atomic E-state index is 0.0172. The lowest BCUT2D eigenvalue weighted by atomic mass is 10.1. The first-order valence-electron chi connectivity index (χ1n) is 5.94. The zero-order valence-corrected chi connectivity index (χ0v) is 10.4. The van der Waals surface area contributed by atoms with Crippen LogP contribution in [0.2, 0.25) is 0 Å². The molecule has 1 fully saturated rings. The summed E-state index contributed by atoms with van der Waals surface area (Å²) in [6.45, 7) is 3.80. The summed E-state index contributed by atoms with van der Waals surface area (Å²) in [7, 11) is 0. The van der Waals surface area contributed by atoms with E-state index in [0.717, 1.165) is 12.3 Å². The molecule has 1 amide bonds. The van der Waals surface area contributed by atoms with Crippen molar-refractivity contribution < 1.29 is 18.0 Å². The second kappa shape index (κ2) is 5.16. The number of carbonyl (C=O) groups is 1. The zero-order chi connectivity index (χ0) is 14.0. The Labute approximate surface area is 108 Å². The van der Waals surface area contributed by atoms with Crippen LogP contribution in [-0.4, -0.2) is 41.5 Å². The summed E-state index contributed by atoms with van der Waals surface area (Å²) >= 11 is 0. The largest absolute Gasteiger partial charge is 0.433 e. The van der Waals surface area contributed by atoms with Gasteiger partial charge in [-0.1, -0.05) is 0 Å². The van der Waals surface area contributed by atoms with E-state index in [1.165, 1.54) is 6.07 Å². The molecule has 0 radical (unpaired) electrons. The van der Waals surface area contributed by atoms with Crippen molar-refractivity contribution in [3.8, 4) is 0 Å². The second-order valence-corrected chi connectivity index (χ2v) is 4.48. The lowest BCUT2D eigenvalue weighted by Gasteiger charge is -2.34. The number of nitrogens with one attached hydrogen (secondary N) is 1. The molecule has 1 aromatic heterocycles. The maximum absolute atomic E-state index is 12.4. The summed E-state index contributed by atoms with van der Waals surface area (Å²) in [6, 6.07) is 2.02. The number of hydrogen-bond donors (Lipinski definition) is 1. The fourth-order valence-corrected chi connectivity index (χ4v) is 2.00. The van der Waals surface area contributed by atoms with E-state index in [9.17, 15) is 18.0 Å². The highest BCUT2D eigenvalue weighted by Gasteiger charge is 2.32. The smallest absolute Gasteiger partial charge is 0.333 e. The molecule has 0 aliphatic carbocycles. The Hall–Kier alpha value is -1.63. The minimum Gasteiger partial charge on any atom is -0.333 e. The molecule has 104 valence electrons. The van der Waals surface area contributed by atoms with Crippen LogP contribution in [0.5, 0.6) is 0 Å². The van der Waals surface area contributed by atoms with Gasteiger partial charge in [0.05, 0.1) is 5.56 Å². The predicted octanol–water partition coefficient (Wildman–Crippen LogP) is 1.53. The number of pyridine rings is 1. The van der Waals surface area contributed by atoms with Gasteiger partial charge in [0.25, 0.3) is 5.91 Å². The van der Waals surface area contributed by atoms with Crippen LogP contribution in [0, 0.1) is 0 Å². The van der Waals surface area contributed by atoms with E-state index >= 15 is 0 Å². The monoisotopic (exact) mass is 273 g/mol. The number of aromatic nitrogens is 1. The molecule has 1 aliphatic rings. The molecule has 0 saturated carbocycles. The number of alkyl halides is 3. The summed E-state index contributed by atoms with van der Waals surface area (Å²) in [5.74, 6) is -0.282. The molecule has 4 nitrogen and oxygen atoms in total. The van der Waals surface area contributed by atoms with E-state index in [0.29, 0.717) is 19.6 Å². The standard InChI is InChI=1S/C12H14F3N3O/c1-8-6-16-4-5-18(8)11(19)9-2-3-10(17-7-9)12(13,14)15/h2-3,7-8,16H,4-6H2,1H3/t8-/m0/s1. The molecule has 0 unspecified atom stereocenters. The third kappa shape index (κ3) is 3.04. The molecule has 1 atom stereocenters. The normalized spacial score (nSPS) is 20.4. The van der Waals surface area contributed by atoms with Gasteiger partial charge in [0.2, 0.25) is 0 Å². The maximum Gasteiger partial charge on any atom is 0.433 e. The number of halogens is 3. The number of hydrogen-bond acceptors (Lipinski definition) is 3. The molecule has 1 aromatic rings. The number of rotatable bonds is 1. The van der Waals surface area contributed by atoms with E-state index in [-0.39, 0.29) is 17.5 Å². The van der Waals surface area contributed by atoms with Gasteiger partial charge < -0.3 is 10.2 Å². The molecular weight excluding hydrogens is 259 g/mol. The number of nitrogens with zero attached hydrogens (tertiary/aromatic N) is 2. The van der Waals surface area contributed by atoms with Crippen LogP contribution >= 0.6 is 0 Å². The third-order valence-corrected chi connectivity index (χ3v) is 3.06. The first kappa shape index (κ1) is 13.8. The molecular formula is C12H14F3N3O. The predicted molar refractivity (Wildman–Crippen MR) is 62.6 cm³/mol. The van der Waals surface area contributed by atoms with Crippen LogP contribution in [0.15, 0.2) is 18.3 Å². The van der Waals surface area contributed by atoms with Crippen molar-refractivity contribution in [3.63, 3.8) is 0 Å². The molecule has 0 aromatic carbocycles. The summed E-state index contributed by atoms with van der Waals surface area (Å²) in [6.07, 6.45) is -3.50. The number of amides is 1. The van der Waals surface area contributed by atoms with Gasteiger partial charge in [0.1, 0.15) is 5.69 Å². The Bertz CT molecular complexity index is 458. The summed E-state index contributed by atoms with van der Waals surface area (Å²) in [5.41, 5.74) is -0.806. The van der Waals surface area contributed by atoms with Crippen molar-refractivity contribution >= 4 is 5.91 Å². The molecule has 19 heavy (non-hydrogen) atoms. The number of carbonyl (C=O) groups excluding carboxylic acids is 1. The molecule has 1 N–H and O–H groups in total. The van der Waals surface area contributed by atoms with Crippen LogP contribution < -0.4 is 5.32 Å². The van der Waals surface area contributed by atoms with Crippen LogP contribution in [0.1, 0.15) is 23.0 Å². The minimum atomic E-state index is -4.48. The number of piperazine rings is 1. The molecule has 0 spiro atoms. The molecule has 0 bridgehead atoms. The van der Waals surface area contributed by atoms with Crippen LogP contribution in [0.25, 0.3) is 0 Å². The lowest BCUT2D eigenvalue weighted by Crippen LogP contribution is -2.52. The second-order valence-electron chi connectivity index (χ2n) is 4.48. The summed E-state index contributed by atoms with van der Waals surface area (Å²) in [4.78, 5) is 17.1. The van der Waals surface area contributed by atoms with Gasteiger partial charge in [-0.05, 0) is 19.1 Å². The molecule has 1 saturated heterocycles. The van der Waals surface area contributed by atoms with E-state index in [4.69, 9.17) is 0 Å². The first-order valence-corrected chi connectivity index (χ1v) is 5.94. The maximum atomic E-state index is 12.4. The van der Waals surface area contributed by atoms with Crippen molar-refractivity contribution in [2.45, 2.75) is 19.1 Å². The van der Waals surface area contributed by atoms with Gasteiger partial charge in [0, 0.05) is 31.9 Å². The Balaban J connectivity index is 2.15. The molecule has 2 heterocycles. The Morgan fingerprint density at radius 3 is 2.74 bits per heavy atom. The molecule has 7 heteroatoms. The first-order chi connectivity index (χ1) is 8.89. The topological polar surface area (TPSA) is 45.2 Å². The van der Waals surface area contributed by atoms with Crippen molar-refractivity contribution in [1.29, 1.82) is 0 Å². The van der Waals surface area contributed by atoms with Crippen molar-refractivity contribution in [1.82, 2.24) is 15.2 Å². The molecule has 2 rings (SSSR count). The Morgan fingerprint density at radius 1 is 1.47 bits per heavy atom. The van der Waals surface area contributed by atoms with Crippen molar-refractivity contribution in [2.75, 3.05) is 19.6 Å². The lowest BCUT2D eigenvalue weighted by molar-refractivity contribution is -0.141. The van der Waals surface area contributed by atoms with E-state index in [2.05, 4.69) is 10.3 Å². The van der Waals surface area contributed by atoms with Gasteiger partial charge in [-0.25, -0.2) is 0 Å². The zero-order valence-electron chi connectivity index (χ0n) is 10.4. The highest BCUT2D eigenvalue weighted by atomic mass is 19.4. The van der Waals surface area contributed by atoms with Gasteiger partial charge in [0.15, 0.2) is 0 Å². The van der Waals surface area contributed by atoms with Crippen molar-refractivity contribution in [2.24, 2.45) is 0 Å². The van der Waals surface area contributed by atoms with Gasteiger partial charge in [-0.3, -0.25) is 9.78 Å². The van der Waals surface area contributed by atoms with Gasteiger partial charge in [-0.2, -0.15) is 13.2 Å². The average molecular weight is 273 g/mol. The van der Waals surface area contributed by atoms with E-state index in [1.807, 2.05) is 6.92 Å². The average Bonchev–Trinajstić information content (AvgIpc) is 2.38. The van der Waals surface area contributed by atoms with Crippen LogP contribution in [0.3, 0.4) is 0 Å². The fraction of sp³-hybridized carbons (Fsp3) is 0.500. The highest BCUT2D eigenvalue weighted by Crippen LogP contribution is 2.27. The van der Waals surface area contributed by atoms with E-state index in [1.54, 1.807) is 4.90 Å². The third-order valence-electron chi connectivity index (χ3n) is 3.06. The molecule has 1 aliphatic heterocycles. The Morgan fingerprint density at radius 2 is 2.21 bits per heavy atom. The highest BCUT2D eigenvalue weighted by molar-refractivity contribution is 5.94. The van der Waals surface area contributed by atoms with Crippen LogP contribution in [-0.2, 0) is 6.18 Å². The van der Waals surface area contributed by atoms with E-state index < -0.39 is 11.9 Å². The van der Waals surface area contributed by atoms with Gasteiger partial charge >= 0.3 is 6.18 Å². The summed E-state index contributed by atoms with van der Waals surface area (Å²) < 4.78 is 37.1. The summed E-state index contributed by atoms with van der Waals surface area (Å²) in [5, 5.41) is 3.14.